The first-order chi connectivity index (χ1) is 7.25. The molecular formula is C10H6Cl2N2O. The third kappa shape index (κ3) is 2.58. The predicted molar refractivity (Wildman–Crippen MR) is 58.6 cm³/mol. The summed E-state index contributed by atoms with van der Waals surface area (Å²) in [7, 11) is 0. The van der Waals surface area contributed by atoms with Crippen molar-refractivity contribution in [1.29, 1.82) is 0 Å². The van der Waals surface area contributed by atoms with Gasteiger partial charge in [-0.25, -0.2) is 9.97 Å². The molecule has 0 unspecified atom stereocenters. The maximum absolute atomic E-state index is 5.83. The molecule has 0 atom stereocenters. The molecule has 0 fully saturated rings. The van der Waals surface area contributed by atoms with Crippen LogP contribution in [0.5, 0.6) is 11.8 Å². The van der Waals surface area contributed by atoms with E-state index < -0.39 is 0 Å². The smallest absolute Gasteiger partial charge is 0.321 e. The van der Waals surface area contributed by atoms with Gasteiger partial charge in [0.2, 0.25) is 0 Å². The number of rotatable bonds is 2. The van der Waals surface area contributed by atoms with Crippen LogP contribution in [0, 0.1) is 0 Å². The van der Waals surface area contributed by atoms with Crippen molar-refractivity contribution in [3.63, 3.8) is 0 Å². The molecule has 1 aromatic heterocycles. The van der Waals surface area contributed by atoms with Gasteiger partial charge in [-0.05, 0) is 18.2 Å². The fourth-order valence-corrected chi connectivity index (χ4v) is 1.27. The number of ether oxygens (including phenoxy) is 1. The Morgan fingerprint density at radius 3 is 2.40 bits per heavy atom. The number of halogens is 2. The summed E-state index contributed by atoms with van der Waals surface area (Å²) in [5, 5.41) is 0.920. The van der Waals surface area contributed by atoms with E-state index in [2.05, 4.69) is 9.97 Å². The van der Waals surface area contributed by atoms with E-state index in [1.54, 1.807) is 36.7 Å². The topological polar surface area (TPSA) is 35.0 Å². The summed E-state index contributed by atoms with van der Waals surface area (Å²) in [4.78, 5) is 7.83. The van der Waals surface area contributed by atoms with Crippen molar-refractivity contribution in [2.24, 2.45) is 0 Å². The van der Waals surface area contributed by atoms with Crippen LogP contribution in [-0.4, -0.2) is 9.97 Å². The van der Waals surface area contributed by atoms with Crippen molar-refractivity contribution in [3.05, 3.63) is 46.7 Å². The van der Waals surface area contributed by atoms with E-state index in [0.29, 0.717) is 15.8 Å². The molecule has 1 heterocycles. The Bertz CT molecular complexity index is 462. The summed E-state index contributed by atoms with van der Waals surface area (Å²) >= 11 is 11.6. The number of hydrogen-bond donors (Lipinski definition) is 0. The van der Waals surface area contributed by atoms with E-state index in [1.165, 1.54) is 0 Å². The normalized spacial score (nSPS) is 10.0. The van der Waals surface area contributed by atoms with Crippen LogP contribution >= 0.6 is 23.2 Å². The average Bonchev–Trinajstić information content (AvgIpc) is 2.25. The van der Waals surface area contributed by atoms with Crippen LogP contribution < -0.4 is 4.74 Å². The first-order valence-corrected chi connectivity index (χ1v) is 4.91. The largest absolute Gasteiger partial charge is 0.424 e. The Hall–Kier alpha value is -1.32. The summed E-state index contributed by atoms with van der Waals surface area (Å²) in [6.07, 6.45) is 3.19. The lowest BCUT2D eigenvalue weighted by Gasteiger charge is -2.03. The van der Waals surface area contributed by atoms with Crippen LogP contribution in [0.15, 0.2) is 36.7 Å². The molecule has 0 saturated heterocycles. The monoisotopic (exact) mass is 240 g/mol. The quantitative estimate of drug-likeness (QED) is 0.805. The maximum Gasteiger partial charge on any atom is 0.321 e. The lowest BCUT2D eigenvalue weighted by atomic mass is 10.3. The van der Waals surface area contributed by atoms with E-state index in [9.17, 15) is 0 Å². The average molecular weight is 241 g/mol. The third-order valence-electron chi connectivity index (χ3n) is 1.64. The van der Waals surface area contributed by atoms with Crippen LogP contribution in [0.4, 0.5) is 0 Å². The second-order valence-electron chi connectivity index (χ2n) is 2.71. The SMILES string of the molecule is Clc1ccc(Oc2ncccn2)cc1Cl. The molecule has 2 aromatic rings. The molecule has 0 radical (unpaired) electrons. The van der Waals surface area contributed by atoms with Gasteiger partial charge in [-0.2, -0.15) is 0 Å². The van der Waals surface area contributed by atoms with Gasteiger partial charge < -0.3 is 4.74 Å². The second kappa shape index (κ2) is 4.47. The first kappa shape index (κ1) is 10.2. The van der Waals surface area contributed by atoms with Crippen LogP contribution in [0.1, 0.15) is 0 Å². The van der Waals surface area contributed by atoms with Gasteiger partial charge in [0, 0.05) is 18.5 Å². The molecule has 0 aliphatic carbocycles. The fourth-order valence-electron chi connectivity index (χ4n) is 0.984. The van der Waals surface area contributed by atoms with E-state index in [1.807, 2.05) is 0 Å². The van der Waals surface area contributed by atoms with Crippen molar-refractivity contribution >= 4 is 23.2 Å². The third-order valence-corrected chi connectivity index (χ3v) is 2.38. The fraction of sp³-hybridized carbons (Fsp3) is 0. The van der Waals surface area contributed by atoms with Gasteiger partial charge in [-0.15, -0.1) is 0 Å². The Kier molecular flexibility index (Phi) is 3.04. The molecule has 15 heavy (non-hydrogen) atoms. The molecule has 0 bridgehead atoms. The standard InChI is InChI=1S/C10H6Cl2N2O/c11-8-3-2-7(6-9(8)12)15-10-13-4-1-5-14-10/h1-6H. The molecule has 5 heteroatoms. The molecule has 1 aromatic carbocycles. The highest BCUT2D eigenvalue weighted by Crippen LogP contribution is 2.27. The summed E-state index contributed by atoms with van der Waals surface area (Å²) in [5.74, 6) is 0.551. The van der Waals surface area contributed by atoms with Crippen LogP contribution in [-0.2, 0) is 0 Å². The highest BCUT2D eigenvalue weighted by molar-refractivity contribution is 6.42. The van der Waals surface area contributed by atoms with Gasteiger partial charge in [-0.3, -0.25) is 0 Å². The Morgan fingerprint density at radius 2 is 1.73 bits per heavy atom. The zero-order valence-corrected chi connectivity index (χ0v) is 9.03. The summed E-state index contributed by atoms with van der Waals surface area (Å²) < 4.78 is 5.35. The lowest BCUT2D eigenvalue weighted by molar-refractivity contribution is 0.442. The van der Waals surface area contributed by atoms with Crippen molar-refractivity contribution in [2.75, 3.05) is 0 Å². The Morgan fingerprint density at radius 1 is 1.00 bits per heavy atom. The molecule has 0 saturated carbocycles. The molecule has 76 valence electrons. The van der Waals surface area contributed by atoms with Crippen molar-refractivity contribution in [2.45, 2.75) is 0 Å². The van der Waals surface area contributed by atoms with Crippen LogP contribution in [0.2, 0.25) is 10.0 Å². The molecule has 0 N–H and O–H groups in total. The van der Waals surface area contributed by atoms with Crippen LogP contribution in [0.3, 0.4) is 0 Å². The Labute approximate surface area is 96.6 Å². The zero-order valence-electron chi connectivity index (χ0n) is 7.52. The second-order valence-corrected chi connectivity index (χ2v) is 3.52. The number of benzene rings is 1. The lowest BCUT2D eigenvalue weighted by Crippen LogP contribution is -1.89. The minimum absolute atomic E-state index is 0.274. The van der Waals surface area contributed by atoms with Gasteiger partial charge in [0.25, 0.3) is 0 Å². The van der Waals surface area contributed by atoms with E-state index in [0.717, 1.165) is 0 Å². The van der Waals surface area contributed by atoms with Crippen molar-refractivity contribution in [3.8, 4) is 11.8 Å². The first-order valence-electron chi connectivity index (χ1n) is 4.15. The van der Waals surface area contributed by atoms with Crippen LogP contribution in [0.25, 0.3) is 0 Å². The zero-order chi connectivity index (χ0) is 10.7. The number of aromatic nitrogens is 2. The summed E-state index contributed by atoms with van der Waals surface area (Å²) in [5.41, 5.74) is 0. The van der Waals surface area contributed by atoms with E-state index >= 15 is 0 Å². The minimum atomic E-state index is 0.274. The van der Waals surface area contributed by atoms with Gasteiger partial charge >= 0.3 is 6.01 Å². The van der Waals surface area contributed by atoms with Gasteiger partial charge in [0.05, 0.1) is 10.0 Å². The summed E-state index contributed by atoms with van der Waals surface area (Å²) in [6.45, 7) is 0. The molecule has 0 aliphatic rings. The van der Waals surface area contributed by atoms with E-state index in [-0.39, 0.29) is 6.01 Å². The molecule has 0 amide bonds. The molecular weight excluding hydrogens is 235 g/mol. The molecule has 3 nitrogen and oxygen atoms in total. The minimum Gasteiger partial charge on any atom is -0.424 e. The number of hydrogen-bond acceptors (Lipinski definition) is 3. The predicted octanol–water partition coefficient (Wildman–Crippen LogP) is 3.58. The molecule has 0 spiro atoms. The van der Waals surface area contributed by atoms with Gasteiger partial charge in [0.1, 0.15) is 5.75 Å². The van der Waals surface area contributed by atoms with Gasteiger partial charge in [0.15, 0.2) is 0 Å². The Balaban J connectivity index is 2.22. The number of nitrogens with zero attached hydrogens (tertiary/aromatic N) is 2. The van der Waals surface area contributed by atoms with E-state index in [4.69, 9.17) is 27.9 Å². The maximum atomic E-state index is 5.83. The summed E-state index contributed by atoms with van der Waals surface area (Å²) in [6, 6.07) is 6.95. The van der Waals surface area contributed by atoms with Gasteiger partial charge in [-0.1, -0.05) is 23.2 Å². The molecule has 0 aliphatic heterocycles. The van der Waals surface area contributed by atoms with Crippen molar-refractivity contribution < 1.29 is 4.74 Å². The van der Waals surface area contributed by atoms with Crippen molar-refractivity contribution in [1.82, 2.24) is 9.97 Å². The highest BCUT2D eigenvalue weighted by atomic mass is 35.5. The molecule has 2 rings (SSSR count). The highest BCUT2D eigenvalue weighted by Gasteiger charge is 2.02.